The van der Waals surface area contributed by atoms with Gasteiger partial charge >= 0.3 is 5.97 Å². The fraction of sp³-hybridized carbons (Fsp3) is 0.889. The average molecular weight is 316 g/mol. The van der Waals surface area contributed by atoms with E-state index in [9.17, 15) is 21.6 Å². The molecule has 2 N–H and O–H groups in total. The van der Waals surface area contributed by atoms with Crippen molar-refractivity contribution in [3.05, 3.63) is 0 Å². The topological polar surface area (TPSA) is 121 Å². The molecule has 10 heteroatoms. The van der Waals surface area contributed by atoms with E-state index in [0.717, 1.165) is 4.31 Å². The van der Waals surface area contributed by atoms with Crippen LogP contribution in [-0.2, 0) is 24.8 Å². The molecule has 0 aliphatic heterocycles. The van der Waals surface area contributed by atoms with Crippen LogP contribution < -0.4 is 4.72 Å². The van der Waals surface area contributed by atoms with E-state index in [4.69, 9.17) is 5.11 Å². The van der Waals surface area contributed by atoms with Gasteiger partial charge in [-0.3, -0.25) is 4.79 Å². The second kappa shape index (κ2) is 7.78. The van der Waals surface area contributed by atoms with Crippen LogP contribution in [0.4, 0.5) is 0 Å². The van der Waals surface area contributed by atoms with Crippen molar-refractivity contribution in [2.24, 2.45) is 0 Å². The Hall–Kier alpha value is -0.710. The number of rotatable bonds is 10. The first-order chi connectivity index (χ1) is 8.64. The van der Waals surface area contributed by atoms with Crippen molar-refractivity contribution in [3.63, 3.8) is 0 Å². The molecule has 0 saturated carbocycles. The number of hydrogen-bond acceptors (Lipinski definition) is 5. The summed E-state index contributed by atoms with van der Waals surface area (Å²) in [5, 5.41) is 8.65. The fourth-order valence-electron chi connectivity index (χ4n) is 1.27. The second-order valence-electron chi connectivity index (χ2n) is 3.84. The summed E-state index contributed by atoms with van der Waals surface area (Å²) in [6, 6.07) is 0. The summed E-state index contributed by atoms with van der Waals surface area (Å²) in [7, 11) is -7.24. The molecule has 0 aliphatic carbocycles. The quantitative estimate of drug-likeness (QED) is 0.536. The molecule has 19 heavy (non-hydrogen) atoms. The first-order valence-electron chi connectivity index (χ1n) is 5.81. The number of nitrogens with zero attached hydrogens (tertiary/aromatic N) is 1. The summed E-state index contributed by atoms with van der Waals surface area (Å²) in [6.45, 7) is 2.37. The van der Waals surface area contributed by atoms with E-state index >= 15 is 0 Å². The average Bonchev–Trinajstić information content (AvgIpc) is 2.27. The Kier molecular flexibility index (Phi) is 7.49. The van der Waals surface area contributed by atoms with E-state index in [-0.39, 0.29) is 18.8 Å². The van der Waals surface area contributed by atoms with Gasteiger partial charge in [-0.15, -0.1) is 0 Å². The lowest BCUT2D eigenvalue weighted by Crippen LogP contribution is -2.40. The highest BCUT2D eigenvalue weighted by Gasteiger charge is 2.23. The number of carbonyl (C=O) groups is 1. The van der Waals surface area contributed by atoms with Crippen LogP contribution in [0.1, 0.15) is 20.3 Å². The summed E-state index contributed by atoms with van der Waals surface area (Å²) in [5.41, 5.74) is 0. The van der Waals surface area contributed by atoms with Gasteiger partial charge in [-0.1, -0.05) is 6.92 Å². The summed E-state index contributed by atoms with van der Waals surface area (Å²) in [5.74, 6) is -1.84. The summed E-state index contributed by atoms with van der Waals surface area (Å²) < 4.78 is 49.0. The van der Waals surface area contributed by atoms with Crippen molar-refractivity contribution in [1.82, 2.24) is 9.03 Å². The van der Waals surface area contributed by atoms with Crippen molar-refractivity contribution in [1.29, 1.82) is 0 Å². The Morgan fingerprint density at radius 1 is 1.21 bits per heavy atom. The van der Waals surface area contributed by atoms with Crippen LogP contribution >= 0.6 is 0 Å². The molecule has 0 amide bonds. The van der Waals surface area contributed by atoms with Crippen LogP contribution in [0.3, 0.4) is 0 Å². The van der Waals surface area contributed by atoms with Crippen molar-refractivity contribution >= 4 is 26.0 Å². The molecule has 0 aromatic heterocycles. The first-order valence-corrected chi connectivity index (χ1v) is 9.07. The maximum Gasteiger partial charge on any atom is 0.318 e. The van der Waals surface area contributed by atoms with Crippen LogP contribution in [-0.4, -0.2) is 63.4 Å². The minimum absolute atomic E-state index is 0.0924. The molecule has 0 spiro atoms. The predicted molar refractivity (Wildman–Crippen MR) is 70.8 cm³/mol. The highest BCUT2D eigenvalue weighted by atomic mass is 32.2. The number of sulfonamides is 2. The van der Waals surface area contributed by atoms with E-state index in [2.05, 4.69) is 4.72 Å². The smallest absolute Gasteiger partial charge is 0.318 e. The lowest BCUT2D eigenvalue weighted by molar-refractivity contribution is -0.137. The third-order valence-corrected chi connectivity index (χ3v) is 5.46. The number of nitrogens with one attached hydrogen (secondary N) is 1. The van der Waals surface area contributed by atoms with E-state index in [1.54, 1.807) is 6.92 Å². The third kappa shape index (κ3) is 7.45. The van der Waals surface area contributed by atoms with Crippen LogP contribution in [0.2, 0.25) is 0 Å². The Bertz CT molecular complexity index is 485. The zero-order chi connectivity index (χ0) is 15.1. The van der Waals surface area contributed by atoms with Gasteiger partial charge in [0.1, 0.15) is 6.54 Å². The molecule has 0 unspecified atom stereocenters. The molecule has 114 valence electrons. The molecule has 0 aromatic rings. The minimum Gasteiger partial charge on any atom is -0.480 e. The molecule has 0 bridgehead atoms. The van der Waals surface area contributed by atoms with E-state index in [0.29, 0.717) is 6.42 Å². The highest BCUT2D eigenvalue weighted by Crippen LogP contribution is 2.02. The number of hydrogen-bond donors (Lipinski definition) is 2. The number of aliphatic carboxylic acids is 1. The molecular weight excluding hydrogens is 296 g/mol. The van der Waals surface area contributed by atoms with Crippen LogP contribution in [0, 0.1) is 0 Å². The molecule has 0 fully saturated rings. The number of carboxylic acid groups (broad SMARTS) is 1. The fourth-order valence-corrected chi connectivity index (χ4v) is 3.41. The van der Waals surface area contributed by atoms with Gasteiger partial charge < -0.3 is 5.11 Å². The van der Waals surface area contributed by atoms with Crippen molar-refractivity contribution < 1.29 is 26.7 Å². The molecule has 0 atom stereocenters. The van der Waals surface area contributed by atoms with Gasteiger partial charge in [0, 0.05) is 13.1 Å². The molecule has 0 rings (SSSR count). The lowest BCUT2D eigenvalue weighted by atomic mass is 10.5. The largest absolute Gasteiger partial charge is 0.480 e. The van der Waals surface area contributed by atoms with Gasteiger partial charge in [0.25, 0.3) is 0 Å². The minimum atomic E-state index is -3.78. The molecule has 8 nitrogen and oxygen atoms in total. The Balaban J connectivity index is 4.61. The monoisotopic (exact) mass is 316 g/mol. The van der Waals surface area contributed by atoms with Crippen LogP contribution in [0.15, 0.2) is 0 Å². The van der Waals surface area contributed by atoms with Gasteiger partial charge in [0.05, 0.1) is 11.5 Å². The van der Waals surface area contributed by atoms with Crippen LogP contribution in [0.25, 0.3) is 0 Å². The molecular formula is C9H20N2O6S2. The maximum atomic E-state index is 11.9. The Morgan fingerprint density at radius 3 is 2.21 bits per heavy atom. The van der Waals surface area contributed by atoms with Crippen molar-refractivity contribution in [3.8, 4) is 0 Å². The van der Waals surface area contributed by atoms with Gasteiger partial charge in [0.15, 0.2) is 0 Å². The van der Waals surface area contributed by atoms with Crippen LogP contribution in [0.5, 0.6) is 0 Å². The zero-order valence-electron chi connectivity index (χ0n) is 11.0. The highest BCUT2D eigenvalue weighted by molar-refractivity contribution is 7.90. The molecule has 0 heterocycles. The zero-order valence-corrected chi connectivity index (χ0v) is 12.6. The molecule has 0 aromatic carbocycles. The first kappa shape index (κ1) is 18.3. The van der Waals surface area contributed by atoms with E-state index in [1.807, 2.05) is 0 Å². The SMILES string of the molecule is CCCN(CC(=O)O)S(=O)(=O)CCNS(=O)(=O)CC. The third-order valence-electron chi connectivity index (χ3n) is 2.24. The van der Waals surface area contributed by atoms with Crippen molar-refractivity contribution in [2.45, 2.75) is 20.3 Å². The molecule has 0 radical (unpaired) electrons. The summed E-state index contributed by atoms with van der Waals surface area (Å²) in [6.07, 6.45) is 0.479. The van der Waals surface area contributed by atoms with Gasteiger partial charge in [-0.2, -0.15) is 4.31 Å². The van der Waals surface area contributed by atoms with Gasteiger partial charge in [0.2, 0.25) is 20.0 Å². The standard InChI is InChI=1S/C9H20N2O6S2/c1-3-6-11(8-9(12)13)19(16,17)7-5-10-18(14,15)4-2/h10H,3-8H2,1-2H3,(H,12,13). The normalized spacial score (nSPS) is 12.8. The van der Waals surface area contributed by atoms with E-state index < -0.39 is 38.3 Å². The molecule has 0 aliphatic rings. The van der Waals surface area contributed by atoms with Gasteiger partial charge in [-0.25, -0.2) is 21.6 Å². The van der Waals surface area contributed by atoms with Crippen molar-refractivity contribution in [2.75, 3.05) is 31.1 Å². The molecule has 0 saturated heterocycles. The Labute approximate surface area is 113 Å². The lowest BCUT2D eigenvalue weighted by Gasteiger charge is -2.19. The number of carboxylic acids is 1. The Morgan fingerprint density at radius 2 is 1.79 bits per heavy atom. The van der Waals surface area contributed by atoms with E-state index in [1.165, 1.54) is 6.92 Å². The summed E-state index contributed by atoms with van der Waals surface area (Å²) in [4.78, 5) is 10.6. The summed E-state index contributed by atoms with van der Waals surface area (Å²) >= 11 is 0. The predicted octanol–water partition coefficient (Wildman–Crippen LogP) is -0.948. The second-order valence-corrected chi connectivity index (χ2v) is 8.03. The van der Waals surface area contributed by atoms with Gasteiger partial charge in [-0.05, 0) is 13.3 Å². The maximum absolute atomic E-state index is 11.9.